The summed E-state index contributed by atoms with van der Waals surface area (Å²) in [6.45, 7) is 3.35. The SMILES string of the molecule is CC(C)[C@H](NC(=O)c1ccc(-c2ccccn2)[nH]c1=O)C(=O)O. The van der Waals surface area contributed by atoms with Crippen LogP contribution < -0.4 is 10.9 Å². The van der Waals surface area contributed by atoms with Crippen LogP contribution in [-0.2, 0) is 4.79 Å². The van der Waals surface area contributed by atoms with Gasteiger partial charge in [-0.05, 0) is 30.2 Å². The number of hydrogen-bond donors (Lipinski definition) is 3. The minimum absolute atomic E-state index is 0.142. The Morgan fingerprint density at radius 1 is 1.22 bits per heavy atom. The number of carboxylic acid groups (broad SMARTS) is 1. The van der Waals surface area contributed by atoms with E-state index in [2.05, 4.69) is 15.3 Å². The Kier molecular flexibility index (Phi) is 4.90. The first-order valence-electron chi connectivity index (χ1n) is 7.08. The molecule has 7 nitrogen and oxygen atoms in total. The van der Waals surface area contributed by atoms with Gasteiger partial charge >= 0.3 is 5.97 Å². The van der Waals surface area contributed by atoms with Crippen molar-refractivity contribution in [2.75, 3.05) is 0 Å². The number of nitrogens with zero attached hydrogens (tertiary/aromatic N) is 1. The summed E-state index contributed by atoms with van der Waals surface area (Å²) in [5, 5.41) is 11.5. The van der Waals surface area contributed by atoms with Gasteiger partial charge in [-0.2, -0.15) is 0 Å². The molecule has 0 saturated carbocycles. The van der Waals surface area contributed by atoms with E-state index in [1.807, 2.05) is 0 Å². The zero-order valence-corrected chi connectivity index (χ0v) is 12.7. The van der Waals surface area contributed by atoms with E-state index in [4.69, 9.17) is 5.11 Å². The molecule has 0 fully saturated rings. The largest absolute Gasteiger partial charge is 0.480 e. The third-order valence-corrected chi connectivity index (χ3v) is 3.31. The van der Waals surface area contributed by atoms with Crippen molar-refractivity contribution in [1.29, 1.82) is 0 Å². The summed E-state index contributed by atoms with van der Waals surface area (Å²) in [7, 11) is 0. The second-order valence-corrected chi connectivity index (χ2v) is 5.36. The first kappa shape index (κ1) is 16.4. The molecule has 0 aromatic carbocycles. The second kappa shape index (κ2) is 6.87. The molecule has 0 bridgehead atoms. The summed E-state index contributed by atoms with van der Waals surface area (Å²) in [5.41, 5.74) is 0.308. The fourth-order valence-electron chi connectivity index (χ4n) is 2.06. The number of aliphatic carboxylic acids is 1. The van der Waals surface area contributed by atoms with E-state index in [9.17, 15) is 14.4 Å². The van der Waals surface area contributed by atoms with Gasteiger partial charge in [0.25, 0.3) is 11.5 Å². The van der Waals surface area contributed by atoms with Crippen molar-refractivity contribution in [3.05, 3.63) is 52.4 Å². The van der Waals surface area contributed by atoms with Gasteiger partial charge in [0, 0.05) is 6.20 Å². The lowest BCUT2D eigenvalue weighted by atomic mass is 10.0. The van der Waals surface area contributed by atoms with E-state index in [-0.39, 0.29) is 11.5 Å². The predicted octanol–water partition coefficient (Wildman–Crippen LogP) is 1.28. The third kappa shape index (κ3) is 3.82. The number of carboxylic acids is 1. The first-order chi connectivity index (χ1) is 10.9. The van der Waals surface area contributed by atoms with Gasteiger partial charge in [0.15, 0.2) is 0 Å². The molecule has 2 aromatic heterocycles. The number of amides is 1. The molecule has 0 saturated heterocycles. The maximum Gasteiger partial charge on any atom is 0.326 e. The Morgan fingerprint density at radius 3 is 2.48 bits per heavy atom. The Labute approximate surface area is 132 Å². The molecule has 0 aliphatic carbocycles. The van der Waals surface area contributed by atoms with Crippen LogP contribution >= 0.6 is 0 Å². The van der Waals surface area contributed by atoms with Gasteiger partial charge < -0.3 is 15.4 Å². The maximum absolute atomic E-state index is 12.1. The molecule has 0 aliphatic rings. The van der Waals surface area contributed by atoms with E-state index in [0.717, 1.165) is 0 Å². The highest BCUT2D eigenvalue weighted by molar-refractivity contribution is 5.96. The molecule has 2 aromatic rings. The van der Waals surface area contributed by atoms with Gasteiger partial charge in [-0.25, -0.2) is 4.79 Å². The van der Waals surface area contributed by atoms with Gasteiger partial charge in [-0.1, -0.05) is 19.9 Å². The Hall–Kier alpha value is -2.96. The number of carbonyl (C=O) groups is 2. The van der Waals surface area contributed by atoms with Gasteiger partial charge in [-0.3, -0.25) is 14.6 Å². The van der Waals surface area contributed by atoms with Crippen LogP contribution in [0.25, 0.3) is 11.4 Å². The van der Waals surface area contributed by atoms with Crippen LogP contribution in [0.15, 0.2) is 41.3 Å². The lowest BCUT2D eigenvalue weighted by Gasteiger charge is -2.17. The van der Waals surface area contributed by atoms with E-state index < -0.39 is 23.5 Å². The van der Waals surface area contributed by atoms with Crippen molar-refractivity contribution >= 4 is 11.9 Å². The van der Waals surface area contributed by atoms with Crippen LogP contribution in [0.5, 0.6) is 0 Å². The summed E-state index contributed by atoms with van der Waals surface area (Å²) in [6, 6.07) is 7.12. The van der Waals surface area contributed by atoms with Gasteiger partial charge in [-0.15, -0.1) is 0 Å². The highest BCUT2D eigenvalue weighted by Crippen LogP contribution is 2.11. The van der Waals surface area contributed by atoms with Crippen LogP contribution in [0.2, 0.25) is 0 Å². The molecule has 1 amide bonds. The van der Waals surface area contributed by atoms with Crippen molar-refractivity contribution < 1.29 is 14.7 Å². The second-order valence-electron chi connectivity index (χ2n) is 5.36. The molecule has 0 unspecified atom stereocenters. The molecule has 7 heteroatoms. The molecular formula is C16H17N3O4. The minimum Gasteiger partial charge on any atom is -0.480 e. The molecule has 1 atom stereocenters. The molecule has 0 spiro atoms. The first-order valence-corrected chi connectivity index (χ1v) is 7.08. The topological polar surface area (TPSA) is 112 Å². The third-order valence-electron chi connectivity index (χ3n) is 3.31. The number of aromatic nitrogens is 2. The van der Waals surface area contributed by atoms with Gasteiger partial charge in [0.1, 0.15) is 11.6 Å². The van der Waals surface area contributed by atoms with Crippen LogP contribution in [0, 0.1) is 5.92 Å². The maximum atomic E-state index is 12.1. The zero-order chi connectivity index (χ0) is 17.0. The molecule has 3 N–H and O–H groups in total. The minimum atomic E-state index is -1.14. The predicted molar refractivity (Wildman–Crippen MR) is 84.0 cm³/mol. The lowest BCUT2D eigenvalue weighted by Crippen LogP contribution is -2.45. The molecule has 2 heterocycles. The van der Waals surface area contributed by atoms with Gasteiger partial charge in [0.05, 0.1) is 11.4 Å². The fourth-order valence-corrected chi connectivity index (χ4v) is 2.06. The summed E-state index contributed by atoms with van der Waals surface area (Å²) in [4.78, 5) is 42.0. The number of rotatable bonds is 5. The summed E-state index contributed by atoms with van der Waals surface area (Å²) in [6.07, 6.45) is 1.59. The van der Waals surface area contributed by atoms with Crippen molar-refractivity contribution in [1.82, 2.24) is 15.3 Å². The molecule has 0 aliphatic heterocycles. The van der Waals surface area contributed by atoms with Crippen LogP contribution in [0.3, 0.4) is 0 Å². The van der Waals surface area contributed by atoms with Crippen LogP contribution in [0.1, 0.15) is 24.2 Å². The molecule has 0 radical (unpaired) electrons. The zero-order valence-electron chi connectivity index (χ0n) is 12.7. The monoisotopic (exact) mass is 315 g/mol. The number of pyridine rings is 2. The fraction of sp³-hybridized carbons (Fsp3) is 0.250. The highest BCUT2D eigenvalue weighted by Gasteiger charge is 2.25. The normalized spacial score (nSPS) is 12.0. The Morgan fingerprint density at radius 2 is 1.96 bits per heavy atom. The van der Waals surface area contributed by atoms with E-state index >= 15 is 0 Å². The number of H-pyrrole nitrogens is 1. The summed E-state index contributed by atoms with van der Waals surface area (Å²) in [5.74, 6) is -2.17. The van der Waals surface area contributed by atoms with Crippen molar-refractivity contribution in [2.45, 2.75) is 19.9 Å². The lowest BCUT2D eigenvalue weighted by molar-refractivity contribution is -0.140. The number of nitrogens with one attached hydrogen (secondary N) is 2. The quantitative estimate of drug-likeness (QED) is 0.769. The van der Waals surface area contributed by atoms with E-state index in [0.29, 0.717) is 11.4 Å². The average Bonchev–Trinajstić information content (AvgIpc) is 2.52. The average molecular weight is 315 g/mol. The van der Waals surface area contributed by atoms with Crippen LogP contribution in [0.4, 0.5) is 0 Å². The number of carbonyl (C=O) groups excluding carboxylic acids is 1. The highest BCUT2D eigenvalue weighted by atomic mass is 16.4. The summed E-state index contributed by atoms with van der Waals surface area (Å²) >= 11 is 0. The standard InChI is InChI=1S/C16H17N3O4/c1-9(2)13(16(22)23)19-15(21)10-6-7-12(18-14(10)20)11-5-3-4-8-17-11/h3-9,13H,1-2H3,(H,18,20)(H,19,21)(H,22,23)/t13-/m0/s1. The van der Waals surface area contributed by atoms with Crippen molar-refractivity contribution in [3.8, 4) is 11.4 Å². The Balaban J connectivity index is 2.26. The molecule has 120 valence electrons. The van der Waals surface area contributed by atoms with Crippen LogP contribution in [-0.4, -0.2) is 33.0 Å². The van der Waals surface area contributed by atoms with Crippen molar-refractivity contribution in [2.24, 2.45) is 5.92 Å². The molecule has 2 rings (SSSR count). The number of aromatic amines is 1. The van der Waals surface area contributed by atoms with Crippen molar-refractivity contribution in [3.63, 3.8) is 0 Å². The molecule has 23 heavy (non-hydrogen) atoms. The molecular weight excluding hydrogens is 298 g/mol. The van der Waals surface area contributed by atoms with E-state index in [1.165, 1.54) is 6.07 Å². The Bertz CT molecular complexity index is 768. The van der Waals surface area contributed by atoms with E-state index in [1.54, 1.807) is 44.3 Å². The number of hydrogen-bond acceptors (Lipinski definition) is 4. The smallest absolute Gasteiger partial charge is 0.326 e. The summed E-state index contributed by atoms with van der Waals surface area (Å²) < 4.78 is 0. The van der Waals surface area contributed by atoms with Gasteiger partial charge in [0.2, 0.25) is 0 Å².